The number of hydrogen-bond acceptors (Lipinski definition) is 4. The summed E-state index contributed by atoms with van der Waals surface area (Å²) in [6.45, 7) is 5.22. The molecule has 0 aliphatic rings. The van der Waals surface area contributed by atoms with Crippen molar-refractivity contribution >= 4 is 15.5 Å². The quantitative estimate of drug-likeness (QED) is 0.840. The number of nitrogens with one attached hydrogen (secondary N) is 1. The summed E-state index contributed by atoms with van der Waals surface area (Å²) in [5, 5.41) is 3.40. The number of nitrogens with zero attached hydrogens (tertiary/aromatic N) is 1. The van der Waals surface area contributed by atoms with E-state index in [2.05, 4.69) is 24.1 Å². The summed E-state index contributed by atoms with van der Waals surface area (Å²) in [5.74, 6) is 0.554. The third-order valence-corrected chi connectivity index (χ3v) is 4.14. The monoisotopic (exact) mass is 298 g/mol. The normalized spacial score (nSPS) is 13.8. The van der Waals surface area contributed by atoms with Crippen LogP contribution in [0.25, 0.3) is 0 Å². The predicted molar refractivity (Wildman–Crippen MR) is 85.0 cm³/mol. The Labute approximate surface area is 123 Å². The first kappa shape index (κ1) is 17.0. The van der Waals surface area contributed by atoms with Crippen molar-refractivity contribution in [3.63, 3.8) is 0 Å². The van der Waals surface area contributed by atoms with Crippen molar-refractivity contribution < 1.29 is 8.42 Å². The molecule has 0 aliphatic carbocycles. The van der Waals surface area contributed by atoms with E-state index in [9.17, 15) is 8.42 Å². The molecule has 4 nitrogen and oxygen atoms in total. The molecule has 0 radical (unpaired) electrons. The van der Waals surface area contributed by atoms with Crippen LogP contribution in [0.3, 0.4) is 0 Å². The Kier molecular flexibility index (Phi) is 6.02. The van der Waals surface area contributed by atoms with E-state index in [4.69, 9.17) is 0 Å². The van der Waals surface area contributed by atoms with Gasteiger partial charge in [-0.05, 0) is 38.6 Å². The smallest absolute Gasteiger partial charge is 0.177 e. The van der Waals surface area contributed by atoms with Gasteiger partial charge in [0.15, 0.2) is 9.84 Å². The molecular weight excluding hydrogens is 272 g/mol. The van der Waals surface area contributed by atoms with Gasteiger partial charge in [-0.3, -0.25) is 0 Å². The van der Waals surface area contributed by atoms with Crippen molar-refractivity contribution in [3.05, 3.63) is 24.3 Å². The predicted octanol–water partition coefficient (Wildman–Crippen LogP) is 2.48. The van der Waals surface area contributed by atoms with Crippen molar-refractivity contribution in [1.29, 1.82) is 0 Å². The topological polar surface area (TPSA) is 49.4 Å². The fourth-order valence-corrected chi connectivity index (χ4v) is 3.17. The third-order valence-electron chi connectivity index (χ3n) is 2.99. The Balaban J connectivity index is 2.99. The van der Waals surface area contributed by atoms with Gasteiger partial charge in [0, 0.05) is 18.8 Å². The summed E-state index contributed by atoms with van der Waals surface area (Å²) in [7, 11) is 0.838. The van der Waals surface area contributed by atoms with Crippen molar-refractivity contribution in [3.8, 4) is 0 Å². The van der Waals surface area contributed by atoms with Crippen LogP contribution in [-0.2, 0) is 9.84 Å². The van der Waals surface area contributed by atoms with Crippen LogP contribution in [0.1, 0.15) is 20.3 Å². The molecule has 0 spiro atoms. The zero-order chi connectivity index (χ0) is 15.3. The third kappa shape index (κ3) is 5.51. The first-order valence-corrected chi connectivity index (χ1v) is 8.79. The Bertz CT molecular complexity index is 514. The van der Waals surface area contributed by atoms with Crippen LogP contribution < -0.4 is 5.32 Å². The molecule has 20 heavy (non-hydrogen) atoms. The summed E-state index contributed by atoms with van der Waals surface area (Å²) in [4.78, 5) is 2.48. The molecule has 0 saturated heterocycles. The molecule has 0 bridgehead atoms. The molecule has 1 atom stereocenters. The highest BCUT2D eigenvalue weighted by atomic mass is 32.2. The zero-order valence-corrected chi connectivity index (χ0v) is 13.9. The number of rotatable bonds is 7. The first-order chi connectivity index (χ1) is 9.20. The van der Waals surface area contributed by atoms with Gasteiger partial charge in [-0.1, -0.05) is 26.0 Å². The molecule has 1 unspecified atom stereocenters. The van der Waals surface area contributed by atoms with Gasteiger partial charge in [0.2, 0.25) is 0 Å². The molecule has 0 aromatic heterocycles. The fourth-order valence-electron chi connectivity index (χ4n) is 2.32. The molecule has 0 fully saturated rings. The minimum absolute atomic E-state index is 0.230. The lowest BCUT2D eigenvalue weighted by Crippen LogP contribution is -2.33. The summed E-state index contributed by atoms with van der Waals surface area (Å²) in [5.41, 5.74) is 0.697. The van der Waals surface area contributed by atoms with Gasteiger partial charge in [-0.25, -0.2) is 8.42 Å². The standard InChI is InChI=1S/C15H26N2O2S/c1-12(2)10-13(11-17(3)4)16-14-8-6-7-9-15(14)20(5,18)19/h6-9,12-13,16H,10-11H2,1-5H3. The average Bonchev–Trinajstić information content (AvgIpc) is 2.26. The van der Waals surface area contributed by atoms with E-state index >= 15 is 0 Å². The average molecular weight is 298 g/mol. The lowest BCUT2D eigenvalue weighted by molar-refractivity contribution is 0.356. The van der Waals surface area contributed by atoms with Gasteiger partial charge in [0.1, 0.15) is 0 Å². The van der Waals surface area contributed by atoms with E-state index in [1.54, 1.807) is 12.1 Å². The molecule has 0 amide bonds. The Morgan fingerprint density at radius 2 is 1.80 bits per heavy atom. The maximum absolute atomic E-state index is 11.8. The summed E-state index contributed by atoms with van der Waals surface area (Å²) in [6.07, 6.45) is 2.24. The van der Waals surface area contributed by atoms with Crippen LogP contribution in [0.5, 0.6) is 0 Å². The molecular formula is C15H26N2O2S. The number of para-hydroxylation sites is 1. The maximum Gasteiger partial charge on any atom is 0.177 e. The molecule has 1 rings (SSSR count). The van der Waals surface area contributed by atoms with E-state index in [1.165, 1.54) is 6.26 Å². The molecule has 0 heterocycles. The highest BCUT2D eigenvalue weighted by molar-refractivity contribution is 7.90. The van der Waals surface area contributed by atoms with E-state index in [0.717, 1.165) is 13.0 Å². The summed E-state index contributed by atoms with van der Waals surface area (Å²) in [6, 6.07) is 7.33. The summed E-state index contributed by atoms with van der Waals surface area (Å²) >= 11 is 0. The van der Waals surface area contributed by atoms with Crippen LogP contribution in [0.15, 0.2) is 29.2 Å². The molecule has 1 aromatic rings. The Hall–Kier alpha value is -1.07. The SMILES string of the molecule is CC(C)CC(CN(C)C)Nc1ccccc1S(C)(=O)=O. The van der Waals surface area contributed by atoms with Crippen LogP contribution in [0, 0.1) is 5.92 Å². The number of hydrogen-bond donors (Lipinski definition) is 1. The molecule has 1 N–H and O–H groups in total. The second-order valence-corrected chi connectivity index (χ2v) is 7.99. The Morgan fingerprint density at radius 3 is 2.30 bits per heavy atom. The van der Waals surface area contributed by atoms with E-state index < -0.39 is 9.84 Å². The lowest BCUT2D eigenvalue weighted by Gasteiger charge is -2.25. The van der Waals surface area contributed by atoms with Crippen LogP contribution in [-0.4, -0.2) is 46.3 Å². The van der Waals surface area contributed by atoms with Crippen LogP contribution in [0.2, 0.25) is 0 Å². The highest BCUT2D eigenvalue weighted by Crippen LogP contribution is 2.22. The minimum Gasteiger partial charge on any atom is -0.380 e. The van der Waals surface area contributed by atoms with Crippen LogP contribution >= 0.6 is 0 Å². The van der Waals surface area contributed by atoms with Gasteiger partial charge in [-0.2, -0.15) is 0 Å². The number of sulfone groups is 1. The largest absolute Gasteiger partial charge is 0.380 e. The second-order valence-electron chi connectivity index (χ2n) is 6.00. The number of anilines is 1. The van der Waals surface area contributed by atoms with Crippen molar-refractivity contribution in [2.45, 2.75) is 31.2 Å². The molecule has 0 aliphatic heterocycles. The zero-order valence-electron chi connectivity index (χ0n) is 13.1. The molecule has 1 aromatic carbocycles. The molecule has 5 heteroatoms. The molecule has 0 saturated carbocycles. The first-order valence-electron chi connectivity index (χ1n) is 6.90. The fraction of sp³-hybridized carbons (Fsp3) is 0.600. The van der Waals surface area contributed by atoms with E-state index in [-0.39, 0.29) is 6.04 Å². The number of likely N-dealkylation sites (N-methyl/N-ethyl adjacent to an activating group) is 1. The molecule has 114 valence electrons. The maximum atomic E-state index is 11.8. The van der Waals surface area contributed by atoms with Crippen molar-refractivity contribution in [1.82, 2.24) is 4.90 Å². The second kappa shape index (κ2) is 7.09. The van der Waals surface area contributed by atoms with Gasteiger partial charge < -0.3 is 10.2 Å². The van der Waals surface area contributed by atoms with Crippen LogP contribution in [0.4, 0.5) is 5.69 Å². The van der Waals surface area contributed by atoms with E-state index in [0.29, 0.717) is 16.5 Å². The highest BCUT2D eigenvalue weighted by Gasteiger charge is 2.17. The lowest BCUT2D eigenvalue weighted by atomic mass is 10.0. The summed E-state index contributed by atoms with van der Waals surface area (Å²) < 4.78 is 23.7. The number of benzene rings is 1. The van der Waals surface area contributed by atoms with Crippen molar-refractivity contribution in [2.75, 3.05) is 32.2 Å². The Morgan fingerprint density at radius 1 is 1.20 bits per heavy atom. The van der Waals surface area contributed by atoms with Gasteiger partial charge in [0.25, 0.3) is 0 Å². The van der Waals surface area contributed by atoms with Gasteiger partial charge >= 0.3 is 0 Å². The van der Waals surface area contributed by atoms with Gasteiger partial charge in [0.05, 0.1) is 10.6 Å². The van der Waals surface area contributed by atoms with Gasteiger partial charge in [-0.15, -0.1) is 0 Å². The minimum atomic E-state index is -3.21. The van der Waals surface area contributed by atoms with Crippen molar-refractivity contribution in [2.24, 2.45) is 5.92 Å². The van der Waals surface area contributed by atoms with E-state index in [1.807, 2.05) is 26.2 Å².